The van der Waals surface area contributed by atoms with Gasteiger partial charge in [-0.15, -0.1) is 0 Å². The van der Waals surface area contributed by atoms with Crippen LogP contribution in [0.25, 0.3) is 0 Å². The van der Waals surface area contributed by atoms with Crippen LogP contribution >= 0.6 is 0 Å². The molecule has 0 aliphatic carbocycles. The molecule has 1 aromatic heterocycles. The highest BCUT2D eigenvalue weighted by Gasteiger charge is 2.22. The van der Waals surface area contributed by atoms with Gasteiger partial charge in [0.2, 0.25) is 5.95 Å². The van der Waals surface area contributed by atoms with Crippen molar-refractivity contribution >= 4 is 11.9 Å². The number of fused-ring (bicyclic) bond motifs is 1. The molecule has 1 saturated heterocycles. The van der Waals surface area contributed by atoms with Crippen LogP contribution in [-0.4, -0.2) is 52.6 Å². The second-order valence-electron chi connectivity index (χ2n) is 6.01. The topological polar surface area (TPSA) is 62.2 Å². The van der Waals surface area contributed by atoms with E-state index in [1.807, 2.05) is 10.8 Å². The Labute approximate surface area is 125 Å². The van der Waals surface area contributed by atoms with Crippen LogP contribution in [0.4, 0.5) is 5.95 Å². The summed E-state index contributed by atoms with van der Waals surface area (Å²) in [4.78, 5) is 19.2. The zero-order chi connectivity index (χ0) is 14.7. The number of amides is 1. The predicted molar refractivity (Wildman–Crippen MR) is 82.6 cm³/mol. The van der Waals surface area contributed by atoms with Gasteiger partial charge in [-0.2, -0.15) is 0 Å². The molecular formula is C15H25N5O. The first-order valence-electron chi connectivity index (χ1n) is 8.10. The molecule has 21 heavy (non-hydrogen) atoms. The quantitative estimate of drug-likeness (QED) is 0.878. The lowest BCUT2D eigenvalue weighted by Gasteiger charge is -2.31. The summed E-state index contributed by atoms with van der Waals surface area (Å²) in [5, 5.41) is 6.36. The summed E-state index contributed by atoms with van der Waals surface area (Å²) in [6.45, 7) is 7.43. The fourth-order valence-electron chi connectivity index (χ4n) is 3.16. The van der Waals surface area contributed by atoms with Gasteiger partial charge in [0, 0.05) is 38.4 Å². The summed E-state index contributed by atoms with van der Waals surface area (Å²) >= 11 is 0. The van der Waals surface area contributed by atoms with Crippen molar-refractivity contribution in [1.29, 1.82) is 0 Å². The molecule has 0 unspecified atom stereocenters. The van der Waals surface area contributed by atoms with Crippen LogP contribution in [0.5, 0.6) is 0 Å². The van der Waals surface area contributed by atoms with Crippen molar-refractivity contribution in [3.63, 3.8) is 0 Å². The number of hydrogen-bond donors (Lipinski definition) is 2. The number of aromatic nitrogens is 2. The minimum atomic E-state index is -0.0346. The standard InChI is InChI=1S/C15H25N5O/c1-2-7-19-9-4-12(5-10-19)17-14(21)13-11-20-8-3-6-16-15(20)18-13/h11-12H,2-10H2,1H3,(H,16,18)(H,17,21). The monoisotopic (exact) mass is 291 g/mol. The number of carbonyl (C=O) groups is 1. The van der Waals surface area contributed by atoms with Gasteiger partial charge in [0.15, 0.2) is 0 Å². The number of nitrogens with one attached hydrogen (secondary N) is 2. The van der Waals surface area contributed by atoms with E-state index < -0.39 is 0 Å². The van der Waals surface area contributed by atoms with Crippen LogP contribution in [0, 0.1) is 0 Å². The van der Waals surface area contributed by atoms with Crippen LogP contribution < -0.4 is 10.6 Å². The van der Waals surface area contributed by atoms with Crippen molar-refractivity contribution in [1.82, 2.24) is 19.8 Å². The van der Waals surface area contributed by atoms with E-state index in [4.69, 9.17) is 0 Å². The molecule has 1 aromatic rings. The summed E-state index contributed by atoms with van der Waals surface area (Å²) in [5.41, 5.74) is 0.537. The molecule has 1 fully saturated rings. The molecule has 0 aromatic carbocycles. The average Bonchev–Trinajstić information content (AvgIpc) is 2.94. The van der Waals surface area contributed by atoms with E-state index >= 15 is 0 Å². The largest absolute Gasteiger partial charge is 0.356 e. The average molecular weight is 291 g/mol. The van der Waals surface area contributed by atoms with E-state index in [9.17, 15) is 4.79 Å². The fraction of sp³-hybridized carbons (Fsp3) is 0.733. The van der Waals surface area contributed by atoms with Crippen LogP contribution in [0.2, 0.25) is 0 Å². The Balaban J connectivity index is 1.53. The van der Waals surface area contributed by atoms with Gasteiger partial charge in [-0.1, -0.05) is 6.92 Å². The maximum absolute atomic E-state index is 12.3. The molecular weight excluding hydrogens is 266 g/mol. The van der Waals surface area contributed by atoms with E-state index in [-0.39, 0.29) is 11.9 Å². The first-order chi connectivity index (χ1) is 10.3. The Bertz CT molecular complexity index is 467. The van der Waals surface area contributed by atoms with E-state index in [0.29, 0.717) is 5.69 Å². The number of rotatable bonds is 4. The molecule has 6 nitrogen and oxygen atoms in total. The van der Waals surface area contributed by atoms with Crippen LogP contribution in [0.1, 0.15) is 43.1 Å². The predicted octanol–water partition coefficient (Wildman–Crippen LogP) is 1.30. The highest BCUT2D eigenvalue weighted by atomic mass is 16.2. The van der Waals surface area contributed by atoms with Gasteiger partial charge in [-0.25, -0.2) is 4.98 Å². The minimum absolute atomic E-state index is 0.0346. The fourth-order valence-corrected chi connectivity index (χ4v) is 3.16. The zero-order valence-electron chi connectivity index (χ0n) is 12.8. The summed E-state index contributed by atoms with van der Waals surface area (Å²) < 4.78 is 2.03. The number of aryl methyl sites for hydroxylation is 1. The molecule has 0 radical (unpaired) electrons. The molecule has 2 aliphatic rings. The smallest absolute Gasteiger partial charge is 0.271 e. The first kappa shape index (κ1) is 14.4. The molecule has 0 saturated carbocycles. The van der Waals surface area contributed by atoms with Crippen molar-refractivity contribution in [2.24, 2.45) is 0 Å². The highest BCUT2D eigenvalue weighted by molar-refractivity contribution is 5.92. The van der Waals surface area contributed by atoms with Crippen LogP contribution in [0.3, 0.4) is 0 Å². The molecule has 1 amide bonds. The van der Waals surface area contributed by atoms with Gasteiger partial charge >= 0.3 is 0 Å². The number of imidazole rings is 1. The van der Waals surface area contributed by atoms with E-state index in [0.717, 1.165) is 51.4 Å². The van der Waals surface area contributed by atoms with Crippen molar-refractivity contribution in [2.45, 2.75) is 45.2 Å². The Morgan fingerprint density at radius 3 is 2.95 bits per heavy atom. The molecule has 2 N–H and O–H groups in total. The molecule has 0 spiro atoms. The second kappa shape index (κ2) is 6.47. The number of carbonyl (C=O) groups excluding carboxylic acids is 1. The summed E-state index contributed by atoms with van der Waals surface area (Å²) in [6, 6.07) is 0.289. The van der Waals surface area contributed by atoms with Crippen LogP contribution in [0.15, 0.2) is 6.20 Å². The Morgan fingerprint density at radius 2 is 2.24 bits per heavy atom. The SMILES string of the molecule is CCCN1CCC(NC(=O)c2cn3c(n2)NCCC3)CC1. The van der Waals surface area contributed by atoms with Gasteiger partial charge in [0.05, 0.1) is 0 Å². The van der Waals surface area contributed by atoms with Gasteiger partial charge in [0.25, 0.3) is 5.91 Å². The highest BCUT2D eigenvalue weighted by Crippen LogP contribution is 2.15. The van der Waals surface area contributed by atoms with Crippen molar-refractivity contribution in [3.05, 3.63) is 11.9 Å². The molecule has 2 aliphatic heterocycles. The number of hydrogen-bond acceptors (Lipinski definition) is 4. The molecule has 6 heteroatoms. The van der Waals surface area contributed by atoms with E-state index in [1.165, 1.54) is 13.0 Å². The number of anilines is 1. The lowest BCUT2D eigenvalue weighted by molar-refractivity contribution is 0.0906. The maximum Gasteiger partial charge on any atom is 0.271 e. The molecule has 3 rings (SSSR count). The Hall–Kier alpha value is -1.56. The number of nitrogens with zero attached hydrogens (tertiary/aromatic N) is 3. The zero-order valence-corrected chi connectivity index (χ0v) is 12.8. The van der Waals surface area contributed by atoms with Gasteiger partial charge in [0.1, 0.15) is 5.69 Å². The Kier molecular flexibility index (Phi) is 4.43. The molecule has 0 bridgehead atoms. The first-order valence-corrected chi connectivity index (χ1v) is 8.10. The normalized spacial score (nSPS) is 19.9. The van der Waals surface area contributed by atoms with E-state index in [1.54, 1.807) is 0 Å². The molecule has 3 heterocycles. The lowest BCUT2D eigenvalue weighted by Crippen LogP contribution is -2.44. The lowest BCUT2D eigenvalue weighted by atomic mass is 10.0. The van der Waals surface area contributed by atoms with Crippen molar-refractivity contribution in [2.75, 3.05) is 31.5 Å². The molecule has 116 valence electrons. The number of piperidine rings is 1. The van der Waals surface area contributed by atoms with Crippen molar-refractivity contribution < 1.29 is 4.79 Å². The van der Waals surface area contributed by atoms with Crippen molar-refractivity contribution in [3.8, 4) is 0 Å². The summed E-state index contributed by atoms with van der Waals surface area (Å²) in [5.74, 6) is 0.789. The third-order valence-corrected chi connectivity index (χ3v) is 4.33. The Morgan fingerprint density at radius 1 is 1.43 bits per heavy atom. The van der Waals surface area contributed by atoms with Gasteiger partial charge in [-0.05, 0) is 32.2 Å². The third kappa shape index (κ3) is 3.37. The summed E-state index contributed by atoms with van der Waals surface area (Å²) in [6.07, 6.45) is 6.22. The minimum Gasteiger partial charge on any atom is -0.356 e. The summed E-state index contributed by atoms with van der Waals surface area (Å²) in [7, 11) is 0. The van der Waals surface area contributed by atoms with Gasteiger partial charge in [-0.3, -0.25) is 4.79 Å². The second-order valence-corrected chi connectivity index (χ2v) is 6.01. The maximum atomic E-state index is 12.3. The number of likely N-dealkylation sites (tertiary alicyclic amines) is 1. The van der Waals surface area contributed by atoms with E-state index in [2.05, 4.69) is 27.4 Å². The van der Waals surface area contributed by atoms with Crippen LogP contribution in [-0.2, 0) is 6.54 Å². The molecule has 0 atom stereocenters. The third-order valence-electron chi connectivity index (χ3n) is 4.33. The van der Waals surface area contributed by atoms with Gasteiger partial charge < -0.3 is 20.1 Å².